The van der Waals surface area contributed by atoms with Crippen LogP contribution in [0.1, 0.15) is 30.4 Å². The van der Waals surface area contributed by atoms with Gasteiger partial charge in [-0.15, -0.1) is 0 Å². The molecule has 0 N–H and O–H groups in total. The van der Waals surface area contributed by atoms with Gasteiger partial charge in [0.25, 0.3) is 0 Å². The van der Waals surface area contributed by atoms with Crippen LogP contribution in [0.15, 0.2) is 35.6 Å². The van der Waals surface area contributed by atoms with Gasteiger partial charge in [0.15, 0.2) is 17.6 Å². The fourth-order valence-corrected chi connectivity index (χ4v) is 5.23. The molecular formula is C19H20O3. The molecule has 1 aliphatic heterocycles. The van der Waals surface area contributed by atoms with Crippen LogP contribution in [-0.4, -0.2) is 20.3 Å². The first-order valence-corrected chi connectivity index (χ1v) is 8.13. The molecule has 3 aliphatic carbocycles. The molecule has 2 bridgehead atoms. The molecule has 0 saturated heterocycles. The van der Waals surface area contributed by atoms with E-state index in [0.717, 1.165) is 30.1 Å². The van der Waals surface area contributed by atoms with E-state index in [4.69, 9.17) is 14.2 Å². The molecule has 3 atom stereocenters. The second-order valence-electron chi connectivity index (χ2n) is 6.79. The summed E-state index contributed by atoms with van der Waals surface area (Å²) in [4.78, 5) is 0. The molecule has 1 unspecified atom stereocenters. The minimum atomic E-state index is -0.0225. The normalized spacial score (nSPS) is 33.4. The van der Waals surface area contributed by atoms with E-state index < -0.39 is 0 Å². The van der Waals surface area contributed by atoms with E-state index in [1.54, 1.807) is 19.8 Å². The summed E-state index contributed by atoms with van der Waals surface area (Å²) in [5, 5.41) is 0. The van der Waals surface area contributed by atoms with E-state index in [2.05, 4.69) is 24.3 Å². The molecule has 4 aliphatic rings. The Morgan fingerprint density at radius 1 is 1.18 bits per heavy atom. The molecule has 0 aromatic heterocycles. The molecule has 1 fully saturated rings. The lowest BCUT2D eigenvalue weighted by Gasteiger charge is -2.49. The Kier molecular flexibility index (Phi) is 2.35. The fraction of sp³-hybridized carbons (Fsp3) is 0.474. The largest absolute Gasteiger partial charge is 0.497 e. The van der Waals surface area contributed by atoms with E-state index in [1.165, 1.54) is 24.0 Å². The molecule has 3 heteroatoms. The summed E-state index contributed by atoms with van der Waals surface area (Å²) in [5.74, 6) is 3.39. The number of benzene rings is 1. The summed E-state index contributed by atoms with van der Waals surface area (Å²) < 4.78 is 17.7. The van der Waals surface area contributed by atoms with E-state index in [-0.39, 0.29) is 11.5 Å². The predicted octanol–water partition coefficient (Wildman–Crippen LogP) is 3.52. The average Bonchev–Trinajstić information content (AvgIpc) is 2.88. The van der Waals surface area contributed by atoms with Gasteiger partial charge in [-0.05, 0) is 42.9 Å². The first-order valence-electron chi connectivity index (χ1n) is 8.13. The lowest BCUT2D eigenvalue weighted by atomic mass is 9.53. The third kappa shape index (κ3) is 1.25. The number of rotatable bonds is 2. The van der Waals surface area contributed by atoms with Crippen molar-refractivity contribution in [1.29, 1.82) is 0 Å². The predicted molar refractivity (Wildman–Crippen MR) is 83.3 cm³/mol. The molecule has 1 heterocycles. The van der Waals surface area contributed by atoms with Crippen molar-refractivity contribution in [2.24, 2.45) is 5.92 Å². The van der Waals surface area contributed by atoms with E-state index in [0.29, 0.717) is 5.92 Å². The van der Waals surface area contributed by atoms with Crippen LogP contribution in [0.5, 0.6) is 11.5 Å². The highest BCUT2D eigenvalue weighted by Crippen LogP contribution is 2.64. The van der Waals surface area contributed by atoms with E-state index in [9.17, 15) is 0 Å². The summed E-state index contributed by atoms with van der Waals surface area (Å²) in [7, 11) is 3.46. The zero-order valence-electron chi connectivity index (χ0n) is 13.0. The summed E-state index contributed by atoms with van der Waals surface area (Å²) in [5.41, 5.74) is 4.36. The second-order valence-corrected chi connectivity index (χ2v) is 6.79. The van der Waals surface area contributed by atoms with Gasteiger partial charge < -0.3 is 14.2 Å². The summed E-state index contributed by atoms with van der Waals surface area (Å²) in [6.07, 6.45) is 9.22. The van der Waals surface area contributed by atoms with E-state index in [1.807, 2.05) is 0 Å². The molecule has 3 nitrogen and oxygen atoms in total. The van der Waals surface area contributed by atoms with Crippen LogP contribution >= 0.6 is 0 Å². The molecule has 22 heavy (non-hydrogen) atoms. The van der Waals surface area contributed by atoms with Crippen LogP contribution < -0.4 is 9.47 Å². The van der Waals surface area contributed by atoms with Crippen molar-refractivity contribution in [3.05, 3.63) is 46.7 Å². The third-order valence-electron chi connectivity index (χ3n) is 6.02. The van der Waals surface area contributed by atoms with Gasteiger partial charge >= 0.3 is 0 Å². The van der Waals surface area contributed by atoms with Crippen molar-refractivity contribution < 1.29 is 14.2 Å². The maximum absolute atomic E-state index is 6.44. The van der Waals surface area contributed by atoms with Crippen LogP contribution in [0.2, 0.25) is 0 Å². The van der Waals surface area contributed by atoms with Gasteiger partial charge in [-0.1, -0.05) is 24.1 Å². The van der Waals surface area contributed by atoms with Crippen LogP contribution in [0.25, 0.3) is 0 Å². The molecule has 1 spiro atoms. The molecule has 114 valence electrons. The Balaban J connectivity index is 1.85. The fourth-order valence-electron chi connectivity index (χ4n) is 5.23. The Bertz CT molecular complexity index is 730. The lowest BCUT2D eigenvalue weighted by molar-refractivity contribution is 0.0947. The van der Waals surface area contributed by atoms with Gasteiger partial charge in [0, 0.05) is 5.56 Å². The number of methoxy groups -OCH3 is 2. The number of ether oxygens (including phenoxy) is 3. The first-order chi connectivity index (χ1) is 10.8. The van der Waals surface area contributed by atoms with Gasteiger partial charge in [0.05, 0.1) is 19.6 Å². The zero-order valence-corrected chi connectivity index (χ0v) is 13.0. The highest BCUT2D eigenvalue weighted by atomic mass is 16.6. The van der Waals surface area contributed by atoms with Crippen molar-refractivity contribution in [1.82, 2.24) is 0 Å². The molecule has 1 saturated carbocycles. The molecule has 1 aromatic carbocycles. The monoisotopic (exact) mass is 296 g/mol. The summed E-state index contributed by atoms with van der Waals surface area (Å²) >= 11 is 0. The highest BCUT2D eigenvalue weighted by molar-refractivity contribution is 5.66. The number of hydrogen-bond donors (Lipinski definition) is 0. The summed E-state index contributed by atoms with van der Waals surface area (Å²) in [6, 6.07) is 4.30. The standard InChI is InChI=1S/C19H20O3/c1-20-14-7-5-12-10-11-4-3-9-19-13(11)6-8-15(21-2)18(19)22-17(14)16(12)19/h5-8,11,18H,3-4,9-10H2,1-2H3/t11-,18+,19?/m1/s1. The van der Waals surface area contributed by atoms with E-state index >= 15 is 0 Å². The third-order valence-corrected chi connectivity index (χ3v) is 6.02. The number of hydrogen-bond acceptors (Lipinski definition) is 3. The molecule has 5 rings (SSSR count). The number of allylic oxidation sites excluding steroid dienone is 2. The first kappa shape index (κ1) is 12.6. The van der Waals surface area contributed by atoms with Gasteiger partial charge in [-0.3, -0.25) is 0 Å². The van der Waals surface area contributed by atoms with Gasteiger partial charge in [-0.25, -0.2) is 0 Å². The minimum Gasteiger partial charge on any atom is -0.497 e. The minimum absolute atomic E-state index is 0.0134. The van der Waals surface area contributed by atoms with Crippen molar-refractivity contribution >= 4 is 0 Å². The van der Waals surface area contributed by atoms with Crippen LogP contribution in [0.4, 0.5) is 0 Å². The lowest BCUT2D eigenvalue weighted by Crippen LogP contribution is -2.50. The Hall–Kier alpha value is -1.90. The van der Waals surface area contributed by atoms with Gasteiger partial charge in [-0.2, -0.15) is 0 Å². The maximum Gasteiger partial charge on any atom is 0.169 e. The topological polar surface area (TPSA) is 27.7 Å². The van der Waals surface area contributed by atoms with Crippen molar-refractivity contribution in [3.63, 3.8) is 0 Å². The Morgan fingerprint density at radius 2 is 2.09 bits per heavy atom. The second kappa shape index (κ2) is 4.09. The van der Waals surface area contributed by atoms with Gasteiger partial charge in [0.2, 0.25) is 0 Å². The van der Waals surface area contributed by atoms with Gasteiger partial charge in [0.1, 0.15) is 5.76 Å². The smallest absolute Gasteiger partial charge is 0.169 e. The van der Waals surface area contributed by atoms with Crippen LogP contribution in [0, 0.1) is 5.92 Å². The van der Waals surface area contributed by atoms with Crippen molar-refractivity contribution in [3.8, 4) is 11.5 Å². The quantitative estimate of drug-likeness (QED) is 0.835. The maximum atomic E-state index is 6.44. The molecule has 1 aromatic rings. The van der Waals surface area contributed by atoms with Crippen LogP contribution in [-0.2, 0) is 16.6 Å². The Morgan fingerprint density at radius 3 is 2.91 bits per heavy atom. The zero-order chi connectivity index (χ0) is 14.9. The Labute approximate surface area is 130 Å². The molecule has 0 radical (unpaired) electrons. The molecular weight excluding hydrogens is 276 g/mol. The average molecular weight is 296 g/mol. The SMILES string of the molecule is COC1=CC=C2[C@@H]3CCCC24c2c(ccc(OC)c2O[C@@H]14)C3. The van der Waals surface area contributed by atoms with Crippen molar-refractivity contribution in [2.75, 3.05) is 14.2 Å². The summed E-state index contributed by atoms with van der Waals surface area (Å²) in [6.45, 7) is 0. The van der Waals surface area contributed by atoms with Crippen LogP contribution in [0.3, 0.4) is 0 Å². The highest BCUT2D eigenvalue weighted by Gasteiger charge is 2.60. The van der Waals surface area contributed by atoms with Crippen molar-refractivity contribution in [2.45, 2.75) is 37.2 Å². The molecule has 0 amide bonds.